The zero-order valence-electron chi connectivity index (χ0n) is 53.1. The fourth-order valence-electron chi connectivity index (χ4n) is 10.1. The molecule has 2 fully saturated rings. The van der Waals surface area contributed by atoms with Crippen LogP contribution < -0.4 is 15.5 Å². The summed E-state index contributed by atoms with van der Waals surface area (Å²) in [4.78, 5) is 39.1. The van der Waals surface area contributed by atoms with Crippen LogP contribution in [0.25, 0.3) is 97.1 Å². The van der Waals surface area contributed by atoms with Crippen LogP contribution in [-0.4, -0.2) is 161 Å². The van der Waals surface area contributed by atoms with Crippen LogP contribution in [0.1, 0.15) is 60.6 Å². The fraction of sp³-hybridized carbons (Fsp3) is 0.279. The second kappa shape index (κ2) is 28.9. The Balaban J connectivity index is 0.000000201. The van der Waals surface area contributed by atoms with Gasteiger partial charge in [-0.2, -0.15) is 0 Å². The number of rotatable bonds is 16. The molecule has 0 amide bonds. The number of hydrogen-bond donors (Lipinski definition) is 3. The maximum absolute atomic E-state index is 12.3. The molecule has 9 heterocycles. The Morgan fingerprint density at radius 2 is 1.16 bits per heavy atom. The van der Waals surface area contributed by atoms with Gasteiger partial charge < -0.3 is 43.7 Å². The predicted octanol–water partition coefficient (Wildman–Crippen LogP) is 11.3. The van der Waals surface area contributed by atoms with Gasteiger partial charge in [-0.25, -0.2) is 28.4 Å². The van der Waals surface area contributed by atoms with Crippen molar-refractivity contribution in [2.75, 3.05) is 70.6 Å². The van der Waals surface area contributed by atoms with E-state index >= 15 is 0 Å². The lowest BCUT2D eigenvalue weighted by Crippen LogP contribution is -2.44. The number of sulfone groups is 1. The summed E-state index contributed by atoms with van der Waals surface area (Å²) in [6.45, 7) is 18.9. The Labute approximate surface area is 545 Å². The molecule has 0 aliphatic carbocycles. The summed E-state index contributed by atoms with van der Waals surface area (Å²) in [6, 6.07) is 36.4. The first-order valence-electron chi connectivity index (χ1n) is 30.4. The van der Waals surface area contributed by atoms with E-state index in [1.165, 1.54) is 0 Å². The van der Waals surface area contributed by atoms with Gasteiger partial charge in [-0.05, 0) is 121 Å². The van der Waals surface area contributed by atoms with Crippen molar-refractivity contribution in [1.29, 1.82) is 0 Å². The third-order valence-corrected chi connectivity index (χ3v) is 17.9. The van der Waals surface area contributed by atoms with Crippen molar-refractivity contribution in [2.45, 2.75) is 70.3 Å². The minimum Gasteiger partial charge on any atom is -0.415 e. The number of likely N-dealkylation sites (N-methyl/N-ethyl adjacent to an activating group) is 1. The molecule has 25 heteroatoms. The van der Waals surface area contributed by atoms with Gasteiger partial charge in [-0.3, -0.25) is 15.0 Å². The zero-order chi connectivity index (χ0) is 65.2. The first-order valence-corrected chi connectivity index (χ1v) is 32.0. The van der Waals surface area contributed by atoms with Crippen molar-refractivity contribution in [3.8, 4) is 91.4 Å². The average molecular weight is 1280 g/mol. The number of piperazine rings is 1. The summed E-state index contributed by atoms with van der Waals surface area (Å²) in [5.74, 6) is 2.75. The number of hydrogen-bond acceptors (Lipinski definition) is 24. The molecule has 1 unspecified atom stereocenters. The molecule has 2 aliphatic heterocycles. The van der Waals surface area contributed by atoms with Crippen molar-refractivity contribution < 1.29 is 32.5 Å². The molecule has 0 bridgehead atoms. The molecule has 2 aliphatic rings. The number of benzene rings is 4. The molecule has 3 N–H and O–H groups in total. The molecule has 24 nitrogen and oxygen atoms in total. The molecule has 11 aromatic rings. The fourth-order valence-corrected chi connectivity index (χ4v) is 11.2. The van der Waals surface area contributed by atoms with Crippen LogP contribution in [0, 0.1) is 20.8 Å². The van der Waals surface area contributed by atoms with Crippen LogP contribution in [0.5, 0.6) is 0 Å². The van der Waals surface area contributed by atoms with Gasteiger partial charge in [0.1, 0.15) is 22.9 Å². The van der Waals surface area contributed by atoms with Gasteiger partial charge >= 0.3 is 6.01 Å². The number of piperidine rings is 1. The molecule has 4 aromatic carbocycles. The topological polar surface area (TPSA) is 295 Å². The van der Waals surface area contributed by atoms with E-state index in [2.05, 4.69) is 89.6 Å². The molecule has 2 saturated heterocycles. The van der Waals surface area contributed by atoms with E-state index in [-0.39, 0.29) is 29.1 Å². The highest BCUT2D eigenvalue weighted by Crippen LogP contribution is 2.32. The predicted molar refractivity (Wildman–Crippen MR) is 364 cm³/mol. The normalized spacial score (nSPS) is 14.2. The van der Waals surface area contributed by atoms with Gasteiger partial charge in [-0.15, -0.1) is 25.5 Å². The second-order valence-corrected chi connectivity index (χ2v) is 25.5. The maximum Gasteiger partial charge on any atom is 0.316 e. The first-order chi connectivity index (χ1) is 45.0. The van der Waals surface area contributed by atoms with Crippen LogP contribution in [0.2, 0.25) is 0 Å². The maximum atomic E-state index is 12.3. The first kappa shape index (κ1) is 64.2. The van der Waals surface area contributed by atoms with E-state index in [0.717, 1.165) is 114 Å². The van der Waals surface area contributed by atoms with E-state index in [4.69, 9.17) is 23.2 Å². The third kappa shape index (κ3) is 15.4. The zero-order valence-corrected chi connectivity index (χ0v) is 53.9. The Morgan fingerprint density at radius 3 is 1.70 bits per heavy atom. The molecule has 484 valence electrons. The molecule has 0 radical (unpaired) electrons. The van der Waals surface area contributed by atoms with Gasteiger partial charge in [0.2, 0.25) is 11.8 Å². The number of aromatic nitrogens is 13. The van der Waals surface area contributed by atoms with Gasteiger partial charge in [-0.1, -0.05) is 78.4 Å². The van der Waals surface area contributed by atoms with Crippen LogP contribution in [0.4, 0.5) is 11.8 Å². The molecule has 93 heavy (non-hydrogen) atoms. The highest BCUT2D eigenvalue weighted by atomic mass is 32.2. The summed E-state index contributed by atoms with van der Waals surface area (Å²) in [6.07, 6.45) is 9.12. The highest BCUT2D eigenvalue weighted by molar-refractivity contribution is 7.92. The molecule has 0 spiro atoms. The van der Waals surface area contributed by atoms with Gasteiger partial charge in [0.05, 0.1) is 69.5 Å². The van der Waals surface area contributed by atoms with Crippen LogP contribution in [0.15, 0.2) is 165 Å². The number of aliphatic hydroxyl groups is 1. The number of pyridine rings is 1. The molecular weight excluding hydrogens is 1200 g/mol. The van der Waals surface area contributed by atoms with Gasteiger partial charge in [0, 0.05) is 98.3 Å². The van der Waals surface area contributed by atoms with Crippen molar-refractivity contribution in [3.05, 3.63) is 175 Å². The lowest BCUT2D eigenvalue weighted by molar-refractivity contribution is 0.282. The van der Waals surface area contributed by atoms with Crippen molar-refractivity contribution in [1.82, 2.24) is 80.6 Å². The Kier molecular flexibility index (Phi) is 19.9. The highest BCUT2D eigenvalue weighted by Gasteiger charge is 2.24. The smallest absolute Gasteiger partial charge is 0.316 e. The van der Waals surface area contributed by atoms with E-state index in [1.54, 1.807) is 56.7 Å². The van der Waals surface area contributed by atoms with Gasteiger partial charge in [0.25, 0.3) is 17.7 Å². The third-order valence-electron chi connectivity index (χ3n) is 15.8. The number of nitrogens with zero attached hydrogens (tertiary/aromatic N) is 16. The number of nitrogens with one attached hydrogen (secondary N) is 2. The summed E-state index contributed by atoms with van der Waals surface area (Å²) in [5, 5.41) is 40.4. The Bertz CT molecular complexity index is 4480. The standard InChI is InChI=1S/C24H23N5O2.C23H23N7O.C21H26N6O3S.4H2/c1-15-22(24-28-27-23(31-24)20-7-5-6-17(12-20)14-30)26-21(13-25-15)19-10-8-18(9-11-19)16(2)29(3)4;1-16-21(23-28-27-22(31-23)17-6-4-3-5-7-17)26-19(15-24-16)18-8-9-20(25-14-18)30-12-10-29(2)11-13-30;1-13(2)31(28,29)17-8-6-15(7-9-17)18-12-23-14(3)19(25-18)20-26-27-21(30-20)24-16-5-4-10-22-11-16;;;;/h5-13,30H,2,14H2,1,3-4H3;3-9,14-15H,10-13H2,1-2H3;6-9,12-13,16,22H,4-5,10-11H2,1-3H3,(H,24,27);4*1H. The van der Waals surface area contributed by atoms with Crippen molar-refractivity contribution >= 4 is 27.4 Å². The van der Waals surface area contributed by atoms with E-state index in [0.29, 0.717) is 69.4 Å². The summed E-state index contributed by atoms with van der Waals surface area (Å²) >= 11 is 0. The van der Waals surface area contributed by atoms with Crippen LogP contribution >= 0.6 is 0 Å². The van der Waals surface area contributed by atoms with Crippen molar-refractivity contribution in [2.24, 2.45) is 0 Å². The minimum absolute atomic E-state index is 0. The van der Waals surface area contributed by atoms with Gasteiger partial charge in [0.15, 0.2) is 9.84 Å². The lowest BCUT2D eigenvalue weighted by atomic mass is 10.1. The molecule has 7 aromatic heterocycles. The van der Waals surface area contributed by atoms with Crippen molar-refractivity contribution in [3.63, 3.8) is 0 Å². The minimum atomic E-state index is -3.32. The SMILES string of the molecule is C=C(c1ccc(-c2cnc(C)c(-c3nnc(-c4cccc(CO)c4)o3)n2)cc1)N(C)C.Cc1ncc(-c2ccc(N3CCN(C)CC3)nc2)nc1-c1nnc(-c2ccccc2)o1.Cc1ncc(-c2ccc(S(=O)(=O)C(C)C)cc2)nc1-c1nnc(NC2CCCNC2)o1.[HH].[HH].[HH].[HH]. The Hall–Kier alpha value is -10.3. The lowest BCUT2D eigenvalue weighted by Gasteiger charge is -2.33. The molecule has 0 saturated carbocycles. The summed E-state index contributed by atoms with van der Waals surface area (Å²) < 4.78 is 42.2. The second-order valence-electron chi connectivity index (χ2n) is 22.9. The molecule has 1 atom stereocenters. The Morgan fingerprint density at radius 1 is 0.634 bits per heavy atom. The summed E-state index contributed by atoms with van der Waals surface area (Å²) in [5.41, 5.74) is 12.7. The number of aryl methyl sites for hydroxylation is 3. The largest absolute Gasteiger partial charge is 0.415 e. The molecular formula is C68H80N18O6S. The number of anilines is 2. The number of aliphatic hydroxyl groups excluding tert-OH is 1. The monoisotopic (exact) mass is 1280 g/mol. The van der Waals surface area contributed by atoms with E-state index in [9.17, 15) is 13.5 Å². The van der Waals surface area contributed by atoms with E-state index < -0.39 is 15.1 Å². The molecule has 13 rings (SSSR count). The summed E-state index contributed by atoms with van der Waals surface area (Å²) in [7, 11) is 2.75. The quantitative estimate of drug-likeness (QED) is 0.0810. The van der Waals surface area contributed by atoms with Crippen LogP contribution in [0.3, 0.4) is 0 Å². The average Bonchev–Trinajstić information content (AvgIpc) is 1.78. The van der Waals surface area contributed by atoms with E-state index in [1.807, 2.05) is 137 Å². The van der Waals surface area contributed by atoms with Crippen LogP contribution in [-0.2, 0) is 16.4 Å².